The summed E-state index contributed by atoms with van der Waals surface area (Å²) in [6.45, 7) is 1.83. The Balaban J connectivity index is 1.46. The molecular weight excluding hydrogens is 336 g/mol. The minimum Gasteiger partial charge on any atom is -0.331 e. The van der Waals surface area contributed by atoms with Crippen molar-refractivity contribution in [3.63, 3.8) is 0 Å². The zero-order chi connectivity index (χ0) is 19.7. The lowest BCUT2D eigenvalue weighted by Gasteiger charge is -2.23. The maximum Gasteiger partial charge on any atom is 0.261 e. The molecule has 150 valence electrons. The van der Waals surface area contributed by atoms with Gasteiger partial charge in [-0.3, -0.25) is 14.5 Å². The van der Waals surface area contributed by atoms with Crippen molar-refractivity contribution in [2.75, 3.05) is 34.2 Å². The van der Waals surface area contributed by atoms with Gasteiger partial charge in [0.15, 0.2) is 0 Å². The molecule has 0 aliphatic carbocycles. The van der Waals surface area contributed by atoms with E-state index in [-0.39, 0.29) is 11.8 Å². The van der Waals surface area contributed by atoms with Gasteiger partial charge in [-0.15, -0.1) is 0 Å². The van der Waals surface area contributed by atoms with E-state index in [1.54, 1.807) is 12.1 Å². The monoisotopic (exact) mass is 373 g/mol. The summed E-state index contributed by atoms with van der Waals surface area (Å²) >= 11 is 0. The van der Waals surface area contributed by atoms with Crippen LogP contribution in [0.4, 0.5) is 0 Å². The lowest BCUT2D eigenvalue weighted by Crippen LogP contribution is -2.35. The van der Waals surface area contributed by atoms with Crippen LogP contribution in [0.1, 0.15) is 84.9 Å². The van der Waals surface area contributed by atoms with Gasteiger partial charge in [0.2, 0.25) is 0 Å². The summed E-state index contributed by atoms with van der Waals surface area (Å²) < 4.78 is 1.07. The second-order valence-electron chi connectivity index (χ2n) is 8.86. The number of carbonyl (C=O) groups excluding carboxylic acids is 2. The zero-order valence-corrected chi connectivity index (χ0v) is 17.5. The van der Waals surface area contributed by atoms with E-state index in [0.717, 1.165) is 17.3 Å². The van der Waals surface area contributed by atoms with Crippen molar-refractivity contribution in [1.29, 1.82) is 0 Å². The number of amides is 2. The number of quaternary nitrogens is 1. The molecule has 0 bridgehead atoms. The fourth-order valence-corrected chi connectivity index (χ4v) is 3.71. The maximum absolute atomic E-state index is 12.3. The lowest BCUT2D eigenvalue weighted by atomic mass is 10.1. The zero-order valence-electron chi connectivity index (χ0n) is 17.5. The smallest absolute Gasteiger partial charge is 0.261 e. The number of rotatable bonds is 13. The number of unbranched alkanes of at least 4 members (excludes halogenated alkanes) is 9. The van der Waals surface area contributed by atoms with Crippen molar-refractivity contribution in [3.05, 3.63) is 35.4 Å². The van der Waals surface area contributed by atoms with Crippen LogP contribution in [0, 0.1) is 0 Å². The lowest BCUT2D eigenvalue weighted by molar-refractivity contribution is -0.870. The van der Waals surface area contributed by atoms with Crippen LogP contribution >= 0.6 is 0 Å². The molecule has 2 amide bonds. The molecule has 1 aromatic rings. The third-order valence-electron chi connectivity index (χ3n) is 5.34. The number of nitrogens with zero attached hydrogens (tertiary/aromatic N) is 2. The highest BCUT2D eigenvalue weighted by Crippen LogP contribution is 2.23. The first-order valence-corrected chi connectivity index (χ1v) is 10.7. The number of hydrogen-bond acceptors (Lipinski definition) is 2. The van der Waals surface area contributed by atoms with Crippen LogP contribution in [-0.4, -0.2) is 55.4 Å². The van der Waals surface area contributed by atoms with Crippen molar-refractivity contribution in [3.8, 4) is 0 Å². The number of benzene rings is 1. The Morgan fingerprint density at radius 3 is 1.52 bits per heavy atom. The molecule has 0 spiro atoms. The Bertz CT molecular complexity index is 584. The van der Waals surface area contributed by atoms with E-state index in [1.807, 2.05) is 12.1 Å². The highest BCUT2D eigenvalue weighted by Gasteiger charge is 2.34. The van der Waals surface area contributed by atoms with Gasteiger partial charge in [0.05, 0.1) is 38.8 Å². The summed E-state index contributed by atoms with van der Waals surface area (Å²) in [6, 6.07) is 7.13. The van der Waals surface area contributed by atoms with Gasteiger partial charge in [-0.1, -0.05) is 57.1 Å². The van der Waals surface area contributed by atoms with Crippen molar-refractivity contribution < 1.29 is 14.1 Å². The van der Waals surface area contributed by atoms with Crippen LogP contribution in [0.5, 0.6) is 0 Å². The van der Waals surface area contributed by atoms with E-state index in [4.69, 9.17) is 0 Å². The molecule has 27 heavy (non-hydrogen) atoms. The third kappa shape index (κ3) is 7.10. The Hall–Kier alpha value is -1.68. The standard InChI is InChI=1S/C23H37N2O2/c1-25(2,3)19-15-11-9-7-5-4-6-8-10-14-18-24-22(26)20-16-12-13-17-21(20)23(24)27/h12-13,16-17H,4-11,14-15,18-19H2,1-3H3/q+1. The van der Waals surface area contributed by atoms with Crippen molar-refractivity contribution >= 4 is 11.8 Å². The molecule has 0 unspecified atom stereocenters. The molecule has 0 saturated carbocycles. The van der Waals surface area contributed by atoms with Gasteiger partial charge in [0, 0.05) is 6.54 Å². The van der Waals surface area contributed by atoms with Gasteiger partial charge in [-0.25, -0.2) is 0 Å². The largest absolute Gasteiger partial charge is 0.331 e. The first kappa shape index (κ1) is 21.6. The van der Waals surface area contributed by atoms with E-state index in [9.17, 15) is 9.59 Å². The minimum atomic E-state index is -0.124. The second kappa shape index (κ2) is 10.6. The topological polar surface area (TPSA) is 37.4 Å². The fourth-order valence-electron chi connectivity index (χ4n) is 3.71. The summed E-state index contributed by atoms with van der Waals surface area (Å²) in [5.74, 6) is -0.248. The average molecular weight is 374 g/mol. The molecule has 4 heteroatoms. The first-order chi connectivity index (χ1) is 12.9. The molecule has 0 radical (unpaired) electrons. The molecule has 0 fully saturated rings. The van der Waals surface area contributed by atoms with Gasteiger partial charge in [-0.2, -0.15) is 0 Å². The minimum absolute atomic E-state index is 0.124. The van der Waals surface area contributed by atoms with E-state index >= 15 is 0 Å². The van der Waals surface area contributed by atoms with Crippen LogP contribution in [0.15, 0.2) is 24.3 Å². The maximum atomic E-state index is 12.3. The molecule has 2 rings (SSSR count). The summed E-state index contributed by atoms with van der Waals surface area (Å²) in [7, 11) is 6.77. The predicted octanol–water partition coefficient (Wildman–Crippen LogP) is 4.89. The summed E-state index contributed by atoms with van der Waals surface area (Å²) in [4.78, 5) is 26.0. The molecule has 0 saturated heterocycles. The van der Waals surface area contributed by atoms with Crippen LogP contribution < -0.4 is 0 Å². The van der Waals surface area contributed by atoms with Crippen molar-refractivity contribution in [2.24, 2.45) is 0 Å². The van der Waals surface area contributed by atoms with Crippen LogP contribution in [0.3, 0.4) is 0 Å². The first-order valence-electron chi connectivity index (χ1n) is 10.7. The fraction of sp³-hybridized carbons (Fsp3) is 0.652. The molecule has 4 nitrogen and oxygen atoms in total. The molecule has 1 aliphatic heterocycles. The van der Waals surface area contributed by atoms with Gasteiger partial charge < -0.3 is 4.48 Å². The summed E-state index contributed by atoms with van der Waals surface area (Å²) in [6.07, 6.45) is 12.5. The third-order valence-corrected chi connectivity index (χ3v) is 5.34. The van der Waals surface area contributed by atoms with Crippen molar-refractivity contribution in [1.82, 2.24) is 4.90 Å². The summed E-state index contributed by atoms with van der Waals surface area (Å²) in [5.41, 5.74) is 1.12. The molecular formula is C23H37N2O2+. The van der Waals surface area contributed by atoms with Gasteiger partial charge in [0.25, 0.3) is 11.8 Å². The average Bonchev–Trinajstić information content (AvgIpc) is 2.86. The highest BCUT2D eigenvalue weighted by molar-refractivity contribution is 6.21. The molecule has 1 heterocycles. The Morgan fingerprint density at radius 1 is 0.667 bits per heavy atom. The number of imide groups is 1. The Kier molecular flexibility index (Phi) is 8.49. The molecule has 1 aromatic carbocycles. The second-order valence-corrected chi connectivity index (χ2v) is 8.86. The van der Waals surface area contributed by atoms with Crippen LogP contribution in [-0.2, 0) is 0 Å². The normalized spacial score (nSPS) is 14.1. The van der Waals surface area contributed by atoms with Crippen LogP contribution in [0.25, 0.3) is 0 Å². The van der Waals surface area contributed by atoms with Gasteiger partial charge in [0.1, 0.15) is 0 Å². The Labute approximate surface area is 165 Å². The molecule has 0 atom stereocenters. The van der Waals surface area contributed by atoms with Gasteiger partial charge >= 0.3 is 0 Å². The molecule has 0 N–H and O–H groups in total. The van der Waals surface area contributed by atoms with Gasteiger partial charge in [-0.05, 0) is 31.4 Å². The molecule has 1 aliphatic rings. The number of carbonyl (C=O) groups is 2. The predicted molar refractivity (Wildman–Crippen MR) is 111 cm³/mol. The van der Waals surface area contributed by atoms with E-state index in [0.29, 0.717) is 17.7 Å². The number of fused-ring (bicyclic) bond motifs is 1. The quantitative estimate of drug-likeness (QED) is 0.280. The highest BCUT2D eigenvalue weighted by atomic mass is 16.2. The summed E-state index contributed by atoms with van der Waals surface area (Å²) in [5, 5.41) is 0. The van der Waals surface area contributed by atoms with Crippen molar-refractivity contribution in [2.45, 2.75) is 64.2 Å². The van der Waals surface area contributed by atoms with E-state index < -0.39 is 0 Å². The number of hydrogen-bond donors (Lipinski definition) is 0. The van der Waals surface area contributed by atoms with Crippen LogP contribution in [0.2, 0.25) is 0 Å². The SMILES string of the molecule is C[N+](C)(C)CCCCCCCCCCCCN1C(=O)c2ccccc2C1=O. The molecule has 0 aromatic heterocycles. The van der Waals surface area contributed by atoms with E-state index in [1.165, 1.54) is 62.8 Å². The Morgan fingerprint density at radius 2 is 1.07 bits per heavy atom. The van der Waals surface area contributed by atoms with E-state index in [2.05, 4.69) is 21.1 Å².